The van der Waals surface area contributed by atoms with Gasteiger partial charge in [-0.3, -0.25) is 9.63 Å². The first kappa shape index (κ1) is 23.7. The summed E-state index contributed by atoms with van der Waals surface area (Å²) < 4.78 is 29.2. The Kier molecular flexibility index (Phi) is 6.61. The van der Waals surface area contributed by atoms with E-state index in [1.165, 1.54) is 32.1 Å². The summed E-state index contributed by atoms with van der Waals surface area (Å²) in [6.45, 7) is 4.46. The number of fused-ring (bicyclic) bond motifs is 1. The molecule has 0 aromatic carbocycles. The lowest BCUT2D eigenvalue weighted by atomic mass is 9.72. The number of carbonyl (C=O) groups excluding carboxylic acids is 1. The number of hydrogen-bond donors (Lipinski definition) is 2. The number of nitrogens with one attached hydrogen (secondary N) is 2. The maximum Gasteiger partial charge on any atom is 0.246 e. The van der Waals surface area contributed by atoms with E-state index in [-0.39, 0.29) is 35.4 Å². The molecule has 0 aromatic rings. The van der Waals surface area contributed by atoms with Gasteiger partial charge in [-0.15, -0.1) is 0 Å². The van der Waals surface area contributed by atoms with Crippen LogP contribution in [0.4, 0.5) is 0 Å². The van der Waals surface area contributed by atoms with E-state index in [1.54, 1.807) is 5.01 Å². The van der Waals surface area contributed by atoms with Crippen LogP contribution in [0.2, 0.25) is 0 Å². The van der Waals surface area contributed by atoms with E-state index in [1.807, 2.05) is 6.92 Å². The van der Waals surface area contributed by atoms with E-state index in [0.29, 0.717) is 25.3 Å². The summed E-state index contributed by atoms with van der Waals surface area (Å²) in [5, 5.41) is 6.03. The highest BCUT2D eigenvalue weighted by Crippen LogP contribution is 2.42. The van der Waals surface area contributed by atoms with Crippen molar-refractivity contribution in [2.45, 2.75) is 114 Å². The van der Waals surface area contributed by atoms with Crippen molar-refractivity contribution in [2.24, 2.45) is 22.9 Å². The Morgan fingerprint density at radius 1 is 1.12 bits per heavy atom. The minimum Gasteiger partial charge on any atom is -0.296 e. The van der Waals surface area contributed by atoms with E-state index < -0.39 is 15.3 Å². The first-order valence-corrected chi connectivity index (χ1v) is 14.6. The minimum absolute atomic E-state index is 0.0203. The van der Waals surface area contributed by atoms with Crippen LogP contribution in [0.1, 0.15) is 90.9 Å². The second kappa shape index (κ2) is 9.21. The predicted molar refractivity (Wildman–Crippen MR) is 127 cm³/mol. The monoisotopic (exact) mass is 480 g/mol. The Labute approximate surface area is 198 Å². The quantitative estimate of drug-likeness (QED) is 0.583. The third kappa shape index (κ3) is 5.31. The van der Waals surface area contributed by atoms with Gasteiger partial charge in [0.25, 0.3) is 0 Å². The first-order chi connectivity index (χ1) is 15.7. The molecule has 2 aliphatic heterocycles. The molecule has 9 heteroatoms. The van der Waals surface area contributed by atoms with Gasteiger partial charge in [0.1, 0.15) is 6.10 Å². The maximum absolute atomic E-state index is 13.6. The molecule has 0 aromatic heterocycles. The van der Waals surface area contributed by atoms with Crippen molar-refractivity contribution < 1.29 is 18.0 Å². The van der Waals surface area contributed by atoms with E-state index >= 15 is 0 Å². The van der Waals surface area contributed by atoms with Gasteiger partial charge in [-0.25, -0.2) is 18.1 Å². The lowest BCUT2D eigenvalue weighted by molar-refractivity contribution is -0.141. The van der Waals surface area contributed by atoms with Gasteiger partial charge in [0.15, 0.2) is 0 Å². The molecule has 5 rings (SSSR count). The molecule has 0 bridgehead atoms. The zero-order valence-electron chi connectivity index (χ0n) is 20.1. The second-order valence-corrected chi connectivity index (χ2v) is 13.5. The first-order valence-electron chi connectivity index (χ1n) is 13.1. The normalized spacial score (nSPS) is 37.0. The summed E-state index contributed by atoms with van der Waals surface area (Å²) in [6.07, 6.45) is 11.6. The van der Waals surface area contributed by atoms with Crippen LogP contribution in [-0.2, 0) is 19.7 Å². The molecule has 186 valence electrons. The van der Waals surface area contributed by atoms with E-state index in [0.717, 1.165) is 37.8 Å². The molecule has 4 fully saturated rings. The van der Waals surface area contributed by atoms with E-state index in [9.17, 15) is 13.2 Å². The standard InChI is InChI=1S/C24H40N4O4S/c1-16-12-18(32-26-16)15-28-23(29)21-14-19(33(30,31)27-24(2)10-11-24)8-9-20(21)22(25-28)13-17-6-4-3-5-7-17/h16-21,26-27H,3-15H2,1-2H3. The lowest BCUT2D eigenvalue weighted by Crippen LogP contribution is -2.52. The molecule has 0 spiro atoms. The summed E-state index contributed by atoms with van der Waals surface area (Å²) in [5.74, 6) is 0.402. The fourth-order valence-corrected chi connectivity index (χ4v) is 8.25. The third-order valence-corrected chi connectivity index (χ3v) is 10.6. The molecule has 3 aliphatic carbocycles. The molecule has 5 atom stereocenters. The van der Waals surface area contributed by atoms with Gasteiger partial charge in [0, 0.05) is 29.1 Å². The summed E-state index contributed by atoms with van der Waals surface area (Å²) in [7, 11) is -3.44. The molecule has 8 nitrogen and oxygen atoms in total. The van der Waals surface area contributed by atoms with Gasteiger partial charge in [-0.2, -0.15) is 10.6 Å². The number of carbonyl (C=O) groups is 1. The molecule has 3 saturated carbocycles. The van der Waals surface area contributed by atoms with Crippen LogP contribution < -0.4 is 10.2 Å². The molecule has 2 N–H and O–H groups in total. The zero-order chi connectivity index (χ0) is 23.2. The summed E-state index contributed by atoms with van der Waals surface area (Å²) in [5.41, 5.74) is 3.83. The van der Waals surface area contributed by atoms with Crippen LogP contribution in [-0.4, -0.2) is 54.5 Å². The number of hydrazone groups is 1. The molecular weight excluding hydrogens is 440 g/mol. The molecule has 33 heavy (non-hydrogen) atoms. The van der Waals surface area contributed by atoms with Crippen LogP contribution in [0, 0.1) is 17.8 Å². The average Bonchev–Trinajstić information content (AvgIpc) is 3.35. The Hall–Kier alpha value is -1.03. The van der Waals surface area contributed by atoms with Crippen LogP contribution >= 0.6 is 0 Å². The highest BCUT2D eigenvalue weighted by molar-refractivity contribution is 7.90. The SMILES string of the molecule is CC1CC(CN2N=C(CC3CCCCC3)C3CCC(S(=O)(=O)NC4(C)CC4)CC3C2=O)ON1. The fourth-order valence-electron chi connectivity index (χ4n) is 6.29. The summed E-state index contributed by atoms with van der Waals surface area (Å²) in [6, 6.07) is 0.257. The largest absolute Gasteiger partial charge is 0.296 e. The van der Waals surface area contributed by atoms with Crippen molar-refractivity contribution in [3.05, 3.63) is 0 Å². The maximum atomic E-state index is 13.6. The van der Waals surface area contributed by atoms with Gasteiger partial charge in [-0.1, -0.05) is 32.1 Å². The van der Waals surface area contributed by atoms with Crippen molar-refractivity contribution in [3.8, 4) is 0 Å². The van der Waals surface area contributed by atoms with Gasteiger partial charge in [0.2, 0.25) is 15.9 Å². The number of nitrogens with zero attached hydrogens (tertiary/aromatic N) is 2. The Bertz CT molecular complexity index is 881. The highest BCUT2D eigenvalue weighted by atomic mass is 32.2. The molecule has 2 heterocycles. The van der Waals surface area contributed by atoms with E-state index in [2.05, 4.69) is 17.1 Å². The van der Waals surface area contributed by atoms with Crippen LogP contribution in [0.15, 0.2) is 5.10 Å². The third-order valence-electron chi connectivity index (χ3n) is 8.53. The van der Waals surface area contributed by atoms with Crippen molar-refractivity contribution in [1.82, 2.24) is 15.2 Å². The van der Waals surface area contributed by atoms with Gasteiger partial charge in [0.05, 0.1) is 11.8 Å². The number of amides is 1. The molecule has 0 radical (unpaired) electrons. The van der Waals surface area contributed by atoms with Gasteiger partial charge in [-0.05, 0) is 64.7 Å². The number of rotatable bonds is 7. The Balaban J connectivity index is 1.34. The van der Waals surface area contributed by atoms with Crippen molar-refractivity contribution in [3.63, 3.8) is 0 Å². The fraction of sp³-hybridized carbons (Fsp3) is 0.917. The Morgan fingerprint density at radius 3 is 2.55 bits per heavy atom. The molecule has 1 amide bonds. The molecule has 5 unspecified atom stereocenters. The topological polar surface area (TPSA) is 100 Å². The summed E-state index contributed by atoms with van der Waals surface area (Å²) in [4.78, 5) is 19.2. The van der Waals surface area contributed by atoms with Crippen molar-refractivity contribution in [1.29, 1.82) is 0 Å². The second-order valence-electron chi connectivity index (χ2n) is 11.6. The number of hydroxylamine groups is 1. The molecule has 5 aliphatic rings. The summed E-state index contributed by atoms with van der Waals surface area (Å²) >= 11 is 0. The van der Waals surface area contributed by atoms with Crippen LogP contribution in [0.5, 0.6) is 0 Å². The molecule has 1 saturated heterocycles. The van der Waals surface area contributed by atoms with Crippen molar-refractivity contribution >= 4 is 21.6 Å². The van der Waals surface area contributed by atoms with E-state index in [4.69, 9.17) is 9.94 Å². The predicted octanol–water partition coefficient (Wildman–Crippen LogP) is 3.09. The zero-order valence-corrected chi connectivity index (χ0v) is 20.9. The van der Waals surface area contributed by atoms with Gasteiger partial charge < -0.3 is 0 Å². The minimum atomic E-state index is -3.44. The smallest absolute Gasteiger partial charge is 0.246 e. The lowest BCUT2D eigenvalue weighted by Gasteiger charge is -2.42. The highest BCUT2D eigenvalue weighted by Gasteiger charge is 2.49. The van der Waals surface area contributed by atoms with Gasteiger partial charge >= 0.3 is 0 Å². The van der Waals surface area contributed by atoms with Crippen LogP contribution in [0.3, 0.4) is 0 Å². The Morgan fingerprint density at radius 2 is 1.88 bits per heavy atom. The molecular formula is C24H40N4O4S. The number of hydrogen-bond acceptors (Lipinski definition) is 6. The van der Waals surface area contributed by atoms with Crippen LogP contribution in [0.25, 0.3) is 0 Å². The number of sulfonamides is 1. The van der Waals surface area contributed by atoms with Crippen molar-refractivity contribution in [2.75, 3.05) is 6.54 Å². The average molecular weight is 481 g/mol.